The molecule has 0 atom stereocenters. The number of unbranched alkanes of at least 4 members (excludes halogenated alkanes) is 1. The number of anilines is 2. The number of aryl methyl sites for hydroxylation is 1. The summed E-state index contributed by atoms with van der Waals surface area (Å²) in [4.78, 5) is 8.62. The van der Waals surface area contributed by atoms with E-state index >= 15 is 0 Å². The third-order valence-electron chi connectivity index (χ3n) is 4.28. The quantitative estimate of drug-likeness (QED) is 0.393. The molecular formula is C20H22Cl2N4. The van der Waals surface area contributed by atoms with E-state index in [1.54, 1.807) is 6.20 Å². The molecule has 6 heteroatoms. The van der Waals surface area contributed by atoms with Crippen LogP contribution in [0.5, 0.6) is 0 Å². The van der Waals surface area contributed by atoms with E-state index in [2.05, 4.69) is 20.6 Å². The fourth-order valence-electron chi connectivity index (χ4n) is 2.85. The fourth-order valence-corrected chi connectivity index (χ4v) is 3.26. The van der Waals surface area contributed by atoms with E-state index in [1.807, 2.05) is 44.2 Å². The highest BCUT2D eigenvalue weighted by Gasteiger charge is 2.05. The Bertz CT molecular complexity index is 912. The average molecular weight is 389 g/mol. The topological polar surface area (TPSA) is 49.8 Å². The van der Waals surface area contributed by atoms with Crippen LogP contribution in [0.1, 0.15) is 24.1 Å². The number of rotatable bonds is 7. The normalized spacial score (nSPS) is 10.9. The predicted octanol–water partition coefficient (Wildman–Crippen LogP) is 5.86. The van der Waals surface area contributed by atoms with Gasteiger partial charge in [-0.3, -0.25) is 4.98 Å². The molecule has 2 N–H and O–H groups in total. The van der Waals surface area contributed by atoms with Gasteiger partial charge in [0.15, 0.2) is 0 Å². The van der Waals surface area contributed by atoms with Crippen molar-refractivity contribution in [2.45, 2.75) is 26.7 Å². The lowest BCUT2D eigenvalue weighted by molar-refractivity contribution is 0.795. The van der Waals surface area contributed by atoms with Crippen LogP contribution in [0.15, 0.2) is 36.5 Å². The van der Waals surface area contributed by atoms with Crippen LogP contribution in [-0.4, -0.2) is 23.1 Å². The van der Waals surface area contributed by atoms with Gasteiger partial charge in [0.2, 0.25) is 0 Å². The second kappa shape index (κ2) is 8.56. The van der Waals surface area contributed by atoms with Gasteiger partial charge in [0.05, 0.1) is 5.52 Å². The Morgan fingerprint density at radius 1 is 0.923 bits per heavy atom. The summed E-state index contributed by atoms with van der Waals surface area (Å²) in [5, 5.41) is 9.31. The molecule has 3 rings (SSSR count). The van der Waals surface area contributed by atoms with Crippen molar-refractivity contribution in [2.24, 2.45) is 0 Å². The fraction of sp³-hybridized carbons (Fsp3) is 0.300. The molecule has 0 aliphatic carbocycles. The molecular weight excluding hydrogens is 367 g/mol. The maximum atomic E-state index is 6.13. The molecule has 26 heavy (non-hydrogen) atoms. The summed E-state index contributed by atoms with van der Waals surface area (Å²) in [6, 6.07) is 9.82. The predicted molar refractivity (Wildman–Crippen MR) is 112 cm³/mol. The highest BCUT2D eigenvalue weighted by atomic mass is 35.5. The highest BCUT2D eigenvalue weighted by molar-refractivity contribution is 6.31. The summed E-state index contributed by atoms with van der Waals surface area (Å²) in [6.07, 6.45) is 3.92. The Balaban J connectivity index is 1.48. The molecule has 0 unspecified atom stereocenters. The van der Waals surface area contributed by atoms with Crippen LogP contribution in [0.2, 0.25) is 10.2 Å². The second-order valence-electron chi connectivity index (χ2n) is 6.31. The van der Waals surface area contributed by atoms with Crippen LogP contribution in [0.4, 0.5) is 11.4 Å². The Kier molecular flexibility index (Phi) is 6.17. The van der Waals surface area contributed by atoms with Gasteiger partial charge in [0.1, 0.15) is 5.15 Å². The molecule has 2 aromatic heterocycles. The summed E-state index contributed by atoms with van der Waals surface area (Å²) in [6.45, 7) is 5.74. The van der Waals surface area contributed by atoms with Gasteiger partial charge in [-0.15, -0.1) is 0 Å². The largest absolute Gasteiger partial charge is 0.385 e. The van der Waals surface area contributed by atoms with E-state index in [1.165, 1.54) is 0 Å². The van der Waals surface area contributed by atoms with Crippen molar-refractivity contribution in [3.63, 3.8) is 0 Å². The van der Waals surface area contributed by atoms with E-state index in [9.17, 15) is 0 Å². The van der Waals surface area contributed by atoms with E-state index < -0.39 is 0 Å². The minimum atomic E-state index is 0.568. The monoisotopic (exact) mass is 388 g/mol. The summed E-state index contributed by atoms with van der Waals surface area (Å²) >= 11 is 12.2. The van der Waals surface area contributed by atoms with Gasteiger partial charge in [-0.2, -0.15) is 0 Å². The minimum absolute atomic E-state index is 0.568. The van der Waals surface area contributed by atoms with Gasteiger partial charge < -0.3 is 10.6 Å². The lowest BCUT2D eigenvalue weighted by Gasteiger charge is -2.12. The van der Waals surface area contributed by atoms with Crippen molar-refractivity contribution in [1.82, 2.24) is 9.97 Å². The number of nitrogens with zero attached hydrogens (tertiary/aromatic N) is 2. The number of benzene rings is 1. The molecule has 0 aliphatic rings. The summed E-state index contributed by atoms with van der Waals surface area (Å²) < 4.78 is 0. The van der Waals surface area contributed by atoms with E-state index in [-0.39, 0.29) is 0 Å². The maximum absolute atomic E-state index is 6.13. The van der Waals surface area contributed by atoms with Crippen LogP contribution >= 0.6 is 23.2 Å². The number of nitrogens with one attached hydrogen (secondary N) is 2. The number of halogens is 2. The second-order valence-corrected chi connectivity index (χ2v) is 7.10. The highest BCUT2D eigenvalue weighted by Crippen LogP contribution is 2.25. The zero-order valence-electron chi connectivity index (χ0n) is 14.9. The third-order valence-corrected chi connectivity index (χ3v) is 4.88. The van der Waals surface area contributed by atoms with Gasteiger partial charge in [0, 0.05) is 52.3 Å². The van der Waals surface area contributed by atoms with Gasteiger partial charge >= 0.3 is 0 Å². The Morgan fingerprint density at radius 2 is 1.65 bits per heavy atom. The standard InChI is InChI=1S/C20H22Cl2N4/c1-13-11-18(14(2)20(22)26-13)24-9-4-3-8-23-17-7-10-25-19-12-15(21)5-6-16(17)19/h5-7,10-12H,3-4,8-9H2,1-2H3,(H,23,25)(H,24,26). The molecule has 3 aromatic rings. The molecule has 4 nitrogen and oxygen atoms in total. The van der Waals surface area contributed by atoms with Crippen LogP contribution in [0.3, 0.4) is 0 Å². The van der Waals surface area contributed by atoms with Crippen molar-refractivity contribution in [2.75, 3.05) is 23.7 Å². The average Bonchev–Trinajstić information content (AvgIpc) is 2.61. The van der Waals surface area contributed by atoms with Crippen LogP contribution in [0, 0.1) is 13.8 Å². The Hall–Kier alpha value is -2.04. The van der Waals surface area contributed by atoms with Crippen molar-refractivity contribution < 1.29 is 0 Å². The number of fused-ring (bicyclic) bond motifs is 1. The first-order valence-corrected chi connectivity index (χ1v) is 9.46. The van der Waals surface area contributed by atoms with Crippen molar-refractivity contribution in [1.29, 1.82) is 0 Å². The van der Waals surface area contributed by atoms with Crippen molar-refractivity contribution in [3.05, 3.63) is 58.0 Å². The molecule has 0 bridgehead atoms. The number of pyridine rings is 2. The van der Waals surface area contributed by atoms with Crippen molar-refractivity contribution >= 4 is 45.5 Å². The Labute approximate surface area is 164 Å². The number of aromatic nitrogens is 2. The molecule has 2 heterocycles. The number of hydrogen-bond donors (Lipinski definition) is 2. The summed E-state index contributed by atoms with van der Waals surface area (Å²) in [5.74, 6) is 0. The van der Waals surface area contributed by atoms with Crippen LogP contribution in [0.25, 0.3) is 10.9 Å². The zero-order chi connectivity index (χ0) is 18.5. The first-order chi connectivity index (χ1) is 12.5. The SMILES string of the molecule is Cc1cc(NCCCCNc2ccnc3cc(Cl)ccc23)c(C)c(Cl)n1. The van der Waals surface area contributed by atoms with Gasteiger partial charge in [-0.25, -0.2) is 4.98 Å². The third kappa shape index (κ3) is 4.57. The van der Waals surface area contributed by atoms with Gasteiger partial charge in [-0.05, 0) is 57.0 Å². The zero-order valence-corrected chi connectivity index (χ0v) is 16.5. The molecule has 136 valence electrons. The van der Waals surface area contributed by atoms with Crippen LogP contribution in [-0.2, 0) is 0 Å². The molecule has 0 amide bonds. The molecule has 0 fully saturated rings. The first kappa shape index (κ1) is 18.7. The molecule has 0 aliphatic heterocycles. The Morgan fingerprint density at radius 3 is 2.42 bits per heavy atom. The molecule has 1 aromatic carbocycles. The molecule has 0 saturated carbocycles. The number of hydrogen-bond acceptors (Lipinski definition) is 4. The lowest BCUT2D eigenvalue weighted by atomic mass is 10.2. The smallest absolute Gasteiger partial charge is 0.134 e. The molecule has 0 radical (unpaired) electrons. The minimum Gasteiger partial charge on any atom is -0.385 e. The van der Waals surface area contributed by atoms with E-state index in [0.717, 1.165) is 59.5 Å². The summed E-state index contributed by atoms with van der Waals surface area (Å²) in [7, 11) is 0. The van der Waals surface area contributed by atoms with E-state index in [4.69, 9.17) is 23.2 Å². The summed E-state index contributed by atoms with van der Waals surface area (Å²) in [5.41, 5.74) is 4.98. The lowest BCUT2D eigenvalue weighted by Crippen LogP contribution is -2.08. The first-order valence-electron chi connectivity index (χ1n) is 8.70. The van der Waals surface area contributed by atoms with Crippen molar-refractivity contribution in [3.8, 4) is 0 Å². The molecule has 0 spiro atoms. The maximum Gasteiger partial charge on any atom is 0.134 e. The van der Waals surface area contributed by atoms with Crippen LogP contribution < -0.4 is 10.6 Å². The van der Waals surface area contributed by atoms with E-state index in [0.29, 0.717) is 10.2 Å². The van der Waals surface area contributed by atoms with Gasteiger partial charge in [-0.1, -0.05) is 23.2 Å². The van der Waals surface area contributed by atoms with Gasteiger partial charge in [0.25, 0.3) is 0 Å². The molecule has 0 saturated heterocycles.